The highest BCUT2D eigenvalue weighted by molar-refractivity contribution is 7.99. The van der Waals surface area contributed by atoms with Gasteiger partial charge in [0.1, 0.15) is 0 Å². The molecule has 2 rings (SSSR count). The Labute approximate surface area is 129 Å². The summed E-state index contributed by atoms with van der Waals surface area (Å²) in [5.74, 6) is 2.56. The smallest absolute Gasteiger partial charge is 0.337 e. The molecule has 2 N–H and O–H groups in total. The number of aliphatic imine (C=N–C) groups is 1. The second kappa shape index (κ2) is 7.93. The van der Waals surface area contributed by atoms with Crippen LogP contribution in [-0.2, 0) is 11.2 Å². The number of rotatable bonds is 4. The van der Waals surface area contributed by atoms with Gasteiger partial charge in [0.2, 0.25) is 0 Å². The molecule has 0 saturated carbocycles. The molecule has 0 amide bonds. The van der Waals surface area contributed by atoms with Gasteiger partial charge in [-0.1, -0.05) is 12.1 Å². The molecule has 0 aliphatic carbocycles. The third-order valence-corrected chi connectivity index (χ3v) is 4.33. The summed E-state index contributed by atoms with van der Waals surface area (Å²) in [4.78, 5) is 17.9. The topological polar surface area (TPSA) is 67.9 Å². The molecule has 114 valence electrons. The fraction of sp³-hybridized carbons (Fsp3) is 0.467. The summed E-state index contributed by atoms with van der Waals surface area (Å²) < 4.78 is 4.67. The predicted octanol–water partition coefficient (Wildman–Crippen LogP) is 1.38. The first kappa shape index (κ1) is 15.7. The van der Waals surface area contributed by atoms with Gasteiger partial charge in [-0.3, -0.25) is 4.99 Å². The van der Waals surface area contributed by atoms with Crippen molar-refractivity contribution in [1.82, 2.24) is 4.90 Å². The van der Waals surface area contributed by atoms with Gasteiger partial charge in [-0.15, -0.1) is 0 Å². The highest BCUT2D eigenvalue weighted by Crippen LogP contribution is 2.09. The standard InChI is InChI=1S/C15H21N3O2S/c1-20-14(19)13-4-2-12(3-5-13)6-7-17-15(16)18-8-10-21-11-9-18/h2-5H,6-11H2,1H3,(H2,16,17). The van der Waals surface area contributed by atoms with Gasteiger partial charge >= 0.3 is 5.97 Å². The number of carbonyl (C=O) groups is 1. The highest BCUT2D eigenvalue weighted by atomic mass is 32.2. The number of esters is 1. The second-order valence-corrected chi connectivity index (χ2v) is 6.00. The number of nitrogens with two attached hydrogens (primary N) is 1. The van der Waals surface area contributed by atoms with Crippen molar-refractivity contribution < 1.29 is 9.53 Å². The third kappa shape index (κ3) is 4.67. The molecule has 0 aromatic heterocycles. The van der Waals surface area contributed by atoms with Crippen LogP contribution in [-0.4, -0.2) is 55.1 Å². The largest absolute Gasteiger partial charge is 0.465 e. The number of nitrogens with zero attached hydrogens (tertiary/aromatic N) is 2. The predicted molar refractivity (Wildman–Crippen MR) is 86.9 cm³/mol. The number of benzene rings is 1. The van der Waals surface area contributed by atoms with Gasteiger partial charge in [0.25, 0.3) is 0 Å². The van der Waals surface area contributed by atoms with E-state index in [1.54, 1.807) is 12.1 Å². The van der Waals surface area contributed by atoms with Crippen molar-refractivity contribution in [3.05, 3.63) is 35.4 Å². The van der Waals surface area contributed by atoms with Crippen LogP contribution in [0.25, 0.3) is 0 Å². The number of methoxy groups -OCH3 is 1. The number of carbonyl (C=O) groups excluding carboxylic acids is 1. The Balaban J connectivity index is 1.83. The van der Waals surface area contributed by atoms with Crippen molar-refractivity contribution in [2.24, 2.45) is 10.7 Å². The molecule has 0 unspecified atom stereocenters. The molecule has 0 radical (unpaired) electrons. The van der Waals surface area contributed by atoms with Crippen molar-refractivity contribution in [1.29, 1.82) is 0 Å². The zero-order valence-corrected chi connectivity index (χ0v) is 13.1. The van der Waals surface area contributed by atoms with Gasteiger partial charge in [0.05, 0.1) is 12.7 Å². The van der Waals surface area contributed by atoms with E-state index in [1.165, 1.54) is 7.11 Å². The summed E-state index contributed by atoms with van der Waals surface area (Å²) in [5, 5.41) is 0. The van der Waals surface area contributed by atoms with E-state index < -0.39 is 0 Å². The Morgan fingerprint density at radius 2 is 2.00 bits per heavy atom. The lowest BCUT2D eigenvalue weighted by Gasteiger charge is -2.27. The number of hydrogen-bond acceptors (Lipinski definition) is 4. The molecule has 1 fully saturated rings. The molecule has 0 spiro atoms. The first-order chi connectivity index (χ1) is 10.2. The van der Waals surface area contributed by atoms with Crippen LogP contribution in [0.1, 0.15) is 15.9 Å². The van der Waals surface area contributed by atoms with Gasteiger partial charge in [0.15, 0.2) is 5.96 Å². The van der Waals surface area contributed by atoms with Crippen molar-refractivity contribution >= 4 is 23.7 Å². The van der Waals surface area contributed by atoms with E-state index in [0.717, 1.165) is 36.6 Å². The summed E-state index contributed by atoms with van der Waals surface area (Å²) in [6.07, 6.45) is 0.810. The van der Waals surface area contributed by atoms with Crippen LogP contribution in [0.4, 0.5) is 0 Å². The number of hydrogen-bond donors (Lipinski definition) is 1. The van der Waals surface area contributed by atoms with Gasteiger partial charge < -0.3 is 15.4 Å². The maximum absolute atomic E-state index is 11.3. The van der Waals surface area contributed by atoms with Crippen molar-refractivity contribution in [3.8, 4) is 0 Å². The quantitative estimate of drug-likeness (QED) is 0.517. The van der Waals surface area contributed by atoms with Crippen molar-refractivity contribution in [2.45, 2.75) is 6.42 Å². The molecule has 6 heteroatoms. The summed E-state index contributed by atoms with van der Waals surface area (Å²) in [6, 6.07) is 7.40. The molecular formula is C15H21N3O2S. The van der Waals surface area contributed by atoms with Crippen molar-refractivity contribution in [2.75, 3.05) is 38.2 Å². The Bertz CT molecular complexity index is 496. The average Bonchev–Trinajstić information content (AvgIpc) is 2.55. The van der Waals surface area contributed by atoms with Gasteiger partial charge in [-0.05, 0) is 24.1 Å². The Morgan fingerprint density at radius 3 is 2.62 bits per heavy atom. The van der Waals surface area contributed by atoms with E-state index in [-0.39, 0.29) is 5.97 Å². The lowest BCUT2D eigenvalue weighted by atomic mass is 10.1. The summed E-state index contributed by atoms with van der Waals surface area (Å²) in [7, 11) is 1.38. The van der Waals surface area contributed by atoms with Crippen LogP contribution >= 0.6 is 11.8 Å². The lowest BCUT2D eigenvalue weighted by Crippen LogP contribution is -2.42. The molecule has 1 aromatic rings. The van der Waals surface area contributed by atoms with Crippen LogP contribution in [0, 0.1) is 0 Å². The SMILES string of the molecule is COC(=O)c1ccc(CCN=C(N)N2CCSCC2)cc1. The molecular weight excluding hydrogens is 286 g/mol. The molecule has 21 heavy (non-hydrogen) atoms. The first-order valence-corrected chi connectivity index (χ1v) is 8.16. The minimum absolute atomic E-state index is 0.313. The van der Waals surface area contributed by atoms with Crippen LogP contribution in [0.15, 0.2) is 29.3 Å². The third-order valence-electron chi connectivity index (χ3n) is 3.38. The molecule has 1 aliphatic rings. The highest BCUT2D eigenvalue weighted by Gasteiger charge is 2.11. The molecule has 1 aromatic carbocycles. The lowest BCUT2D eigenvalue weighted by molar-refractivity contribution is 0.0600. The van der Waals surface area contributed by atoms with E-state index in [0.29, 0.717) is 18.1 Å². The van der Waals surface area contributed by atoms with Crippen LogP contribution in [0.2, 0.25) is 0 Å². The van der Waals surface area contributed by atoms with E-state index in [1.807, 2.05) is 23.9 Å². The zero-order chi connectivity index (χ0) is 15.1. The molecule has 1 saturated heterocycles. The monoisotopic (exact) mass is 307 g/mol. The molecule has 0 bridgehead atoms. The fourth-order valence-electron chi connectivity index (χ4n) is 2.12. The average molecular weight is 307 g/mol. The second-order valence-electron chi connectivity index (χ2n) is 4.78. The summed E-state index contributed by atoms with van der Waals surface area (Å²) >= 11 is 1.95. The number of thioether (sulfide) groups is 1. The van der Waals surface area contributed by atoms with E-state index in [9.17, 15) is 4.79 Å². The Kier molecular flexibility index (Phi) is 5.92. The first-order valence-electron chi connectivity index (χ1n) is 7.00. The number of guanidine groups is 1. The van der Waals surface area contributed by atoms with Crippen molar-refractivity contribution in [3.63, 3.8) is 0 Å². The van der Waals surface area contributed by atoms with Gasteiger partial charge in [0, 0.05) is 31.1 Å². The molecule has 0 atom stereocenters. The maximum Gasteiger partial charge on any atom is 0.337 e. The Hall–Kier alpha value is -1.69. The van der Waals surface area contributed by atoms with Gasteiger partial charge in [-0.2, -0.15) is 11.8 Å². The maximum atomic E-state index is 11.3. The number of ether oxygens (including phenoxy) is 1. The Morgan fingerprint density at radius 1 is 1.33 bits per heavy atom. The molecule has 1 aliphatic heterocycles. The fourth-order valence-corrected chi connectivity index (χ4v) is 3.02. The van der Waals surface area contributed by atoms with E-state index in [4.69, 9.17) is 5.73 Å². The zero-order valence-electron chi connectivity index (χ0n) is 12.2. The molecule has 5 nitrogen and oxygen atoms in total. The summed E-state index contributed by atoms with van der Waals surface area (Å²) in [6.45, 7) is 2.62. The summed E-state index contributed by atoms with van der Waals surface area (Å²) in [5.41, 5.74) is 7.70. The van der Waals surface area contributed by atoms with E-state index >= 15 is 0 Å². The van der Waals surface area contributed by atoms with Crippen LogP contribution < -0.4 is 5.73 Å². The minimum Gasteiger partial charge on any atom is -0.465 e. The minimum atomic E-state index is -0.313. The van der Waals surface area contributed by atoms with Crippen LogP contribution in [0.3, 0.4) is 0 Å². The van der Waals surface area contributed by atoms with E-state index in [2.05, 4.69) is 14.6 Å². The van der Waals surface area contributed by atoms with Crippen LogP contribution in [0.5, 0.6) is 0 Å². The molecule has 1 heterocycles. The van der Waals surface area contributed by atoms with Gasteiger partial charge in [-0.25, -0.2) is 4.79 Å². The normalized spacial score (nSPS) is 15.9.